The van der Waals surface area contributed by atoms with Gasteiger partial charge < -0.3 is 4.74 Å². The molecule has 0 aromatic heterocycles. The summed E-state index contributed by atoms with van der Waals surface area (Å²) in [5.74, 6) is 0.835. The second-order valence-corrected chi connectivity index (χ2v) is 5.82. The Balaban J connectivity index is 2.07. The van der Waals surface area contributed by atoms with Gasteiger partial charge in [-0.25, -0.2) is 0 Å². The third-order valence-corrected chi connectivity index (χ3v) is 4.36. The Bertz CT molecular complexity index is 162. The van der Waals surface area contributed by atoms with Gasteiger partial charge in [-0.2, -0.15) is 0 Å². The van der Waals surface area contributed by atoms with Crippen LogP contribution in [0, 0.1) is 5.92 Å². The van der Waals surface area contributed by atoms with Crippen molar-refractivity contribution >= 4 is 15.9 Å². The zero-order valence-electron chi connectivity index (χ0n) is 10.2. The van der Waals surface area contributed by atoms with E-state index < -0.39 is 0 Å². The summed E-state index contributed by atoms with van der Waals surface area (Å²) in [6.07, 6.45) is 9.08. The lowest BCUT2D eigenvalue weighted by Crippen LogP contribution is -2.31. The van der Waals surface area contributed by atoms with E-state index in [1.807, 2.05) is 0 Å². The Labute approximate surface area is 103 Å². The molecular formula is C13H25BrO. The van der Waals surface area contributed by atoms with E-state index in [1.165, 1.54) is 44.9 Å². The lowest BCUT2D eigenvalue weighted by molar-refractivity contribution is -0.0232. The number of halogens is 1. The van der Waals surface area contributed by atoms with Crippen LogP contribution in [0.15, 0.2) is 0 Å². The van der Waals surface area contributed by atoms with Gasteiger partial charge in [0.1, 0.15) is 0 Å². The lowest BCUT2D eigenvalue weighted by atomic mass is 10.0. The number of hydrogen-bond acceptors (Lipinski definition) is 1. The molecule has 0 amide bonds. The molecule has 0 aliphatic heterocycles. The fourth-order valence-corrected chi connectivity index (χ4v) is 3.00. The van der Waals surface area contributed by atoms with Gasteiger partial charge in [0, 0.05) is 11.9 Å². The zero-order chi connectivity index (χ0) is 11.1. The van der Waals surface area contributed by atoms with Gasteiger partial charge in [0.2, 0.25) is 0 Å². The average Bonchev–Trinajstić information content (AvgIpc) is 2.66. The quantitative estimate of drug-likeness (QED) is 0.490. The summed E-state index contributed by atoms with van der Waals surface area (Å²) in [7, 11) is 0. The highest BCUT2D eigenvalue weighted by Crippen LogP contribution is 2.34. The maximum atomic E-state index is 6.07. The van der Waals surface area contributed by atoms with Crippen LogP contribution in [0.2, 0.25) is 0 Å². The van der Waals surface area contributed by atoms with Crippen molar-refractivity contribution in [1.82, 2.24) is 0 Å². The van der Waals surface area contributed by atoms with Crippen molar-refractivity contribution in [2.45, 2.75) is 64.4 Å². The monoisotopic (exact) mass is 276 g/mol. The van der Waals surface area contributed by atoms with Gasteiger partial charge in [-0.05, 0) is 25.2 Å². The third kappa shape index (κ3) is 4.86. The molecule has 0 radical (unpaired) electrons. The van der Waals surface area contributed by atoms with Crippen molar-refractivity contribution in [3.05, 3.63) is 0 Å². The molecule has 0 saturated heterocycles. The summed E-state index contributed by atoms with van der Waals surface area (Å²) in [6, 6.07) is 0. The van der Waals surface area contributed by atoms with Crippen molar-refractivity contribution in [1.29, 1.82) is 0 Å². The summed E-state index contributed by atoms with van der Waals surface area (Å²) in [6.45, 7) is 5.54. The van der Waals surface area contributed by atoms with Gasteiger partial charge in [0.15, 0.2) is 0 Å². The second kappa shape index (κ2) is 6.90. The van der Waals surface area contributed by atoms with Gasteiger partial charge in [-0.3, -0.25) is 0 Å². The minimum absolute atomic E-state index is 0.192. The lowest BCUT2D eigenvalue weighted by Gasteiger charge is -2.27. The molecule has 1 aliphatic rings. The van der Waals surface area contributed by atoms with Crippen LogP contribution in [-0.4, -0.2) is 17.5 Å². The summed E-state index contributed by atoms with van der Waals surface area (Å²) >= 11 is 3.60. The van der Waals surface area contributed by atoms with E-state index in [2.05, 4.69) is 29.8 Å². The van der Waals surface area contributed by atoms with E-state index in [0.29, 0.717) is 0 Å². The predicted octanol–water partition coefficient (Wildman–Crippen LogP) is 4.54. The van der Waals surface area contributed by atoms with Crippen molar-refractivity contribution in [3.8, 4) is 0 Å². The zero-order valence-corrected chi connectivity index (χ0v) is 11.8. The summed E-state index contributed by atoms with van der Waals surface area (Å²) in [5.41, 5.74) is 0.192. The Kier molecular flexibility index (Phi) is 6.21. The number of alkyl halides is 1. The Hall–Kier alpha value is 0.440. The first-order valence-electron chi connectivity index (χ1n) is 6.38. The molecule has 1 saturated carbocycles. The smallest absolute Gasteiger partial charge is 0.0778 e. The van der Waals surface area contributed by atoms with Gasteiger partial charge in [-0.1, -0.05) is 55.5 Å². The van der Waals surface area contributed by atoms with Crippen molar-refractivity contribution in [2.24, 2.45) is 5.92 Å². The molecule has 1 aliphatic carbocycles. The van der Waals surface area contributed by atoms with E-state index in [1.54, 1.807) is 0 Å². The summed E-state index contributed by atoms with van der Waals surface area (Å²) in [5, 5.41) is 1.02. The Morgan fingerprint density at radius 2 is 1.87 bits per heavy atom. The van der Waals surface area contributed by atoms with Crippen LogP contribution < -0.4 is 0 Å². The Morgan fingerprint density at radius 1 is 1.20 bits per heavy atom. The molecule has 0 atom stereocenters. The van der Waals surface area contributed by atoms with E-state index in [4.69, 9.17) is 4.74 Å². The molecule has 1 rings (SSSR count). The van der Waals surface area contributed by atoms with Crippen molar-refractivity contribution in [2.75, 3.05) is 11.9 Å². The molecule has 1 nitrogen and oxygen atoms in total. The molecule has 0 N–H and O–H groups in total. The molecule has 0 aromatic rings. The number of hydrogen-bond donors (Lipinski definition) is 0. The van der Waals surface area contributed by atoms with E-state index in [9.17, 15) is 0 Å². The van der Waals surface area contributed by atoms with Crippen LogP contribution in [0.4, 0.5) is 0 Å². The van der Waals surface area contributed by atoms with Crippen molar-refractivity contribution in [3.63, 3.8) is 0 Å². The van der Waals surface area contributed by atoms with Crippen LogP contribution in [-0.2, 0) is 4.74 Å². The molecule has 1 fully saturated rings. The molecule has 0 bridgehead atoms. The van der Waals surface area contributed by atoms with Crippen LogP contribution in [0.1, 0.15) is 58.8 Å². The van der Waals surface area contributed by atoms with E-state index in [-0.39, 0.29) is 5.60 Å². The largest absolute Gasteiger partial charge is 0.374 e. The van der Waals surface area contributed by atoms with Gasteiger partial charge >= 0.3 is 0 Å². The number of ether oxygens (including phenoxy) is 1. The molecule has 90 valence electrons. The van der Waals surface area contributed by atoms with Gasteiger partial charge in [0.05, 0.1) is 5.60 Å². The molecule has 0 spiro atoms. The average molecular weight is 277 g/mol. The third-order valence-electron chi connectivity index (χ3n) is 3.34. The highest BCUT2D eigenvalue weighted by Gasteiger charge is 2.33. The highest BCUT2D eigenvalue weighted by molar-refractivity contribution is 9.09. The van der Waals surface area contributed by atoms with Gasteiger partial charge in [0.25, 0.3) is 0 Å². The minimum Gasteiger partial charge on any atom is -0.374 e. The maximum Gasteiger partial charge on any atom is 0.0778 e. The normalized spacial score (nSPS) is 20.0. The number of rotatable bonds is 7. The molecule has 0 unspecified atom stereocenters. The molecular weight excluding hydrogens is 252 g/mol. The predicted molar refractivity (Wildman–Crippen MR) is 69.6 cm³/mol. The van der Waals surface area contributed by atoms with Crippen LogP contribution >= 0.6 is 15.9 Å². The minimum atomic E-state index is 0.192. The van der Waals surface area contributed by atoms with Crippen LogP contribution in [0.5, 0.6) is 0 Å². The van der Waals surface area contributed by atoms with E-state index >= 15 is 0 Å². The first kappa shape index (κ1) is 13.5. The summed E-state index contributed by atoms with van der Waals surface area (Å²) < 4.78 is 6.07. The topological polar surface area (TPSA) is 9.23 Å². The second-order valence-electron chi connectivity index (χ2n) is 5.26. The van der Waals surface area contributed by atoms with Crippen LogP contribution in [0.25, 0.3) is 0 Å². The summed E-state index contributed by atoms with van der Waals surface area (Å²) in [4.78, 5) is 0. The number of unbranched alkanes of at least 4 members (excludes halogenated alkanes) is 1. The molecule has 2 heteroatoms. The van der Waals surface area contributed by atoms with Crippen molar-refractivity contribution < 1.29 is 4.74 Å². The first-order valence-corrected chi connectivity index (χ1v) is 7.51. The fourth-order valence-electron chi connectivity index (χ4n) is 2.28. The SMILES string of the molecule is CC(C)CCCCOC1(CBr)CCCC1. The van der Waals surface area contributed by atoms with Gasteiger partial charge in [-0.15, -0.1) is 0 Å². The molecule has 15 heavy (non-hydrogen) atoms. The Morgan fingerprint density at radius 3 is 2.40 bits per heavy atom. The molecule has 0 aromatic carbocycles. The highest BCUT2D eigenvalue weighted by atomic mass is 79.9. The maximum absolute atomic E-state index is 6.07. The standard InChI is InChI=1S/C13H25BrO/c1-12(2)7-3-6-10-15-13(11-14)8-4-5-9-13/h12H,3-11H2,1-2H3. The van der Waals surface area contributed by atoms with E-state index in [0.717, 1.165) is 17.9 Å². The first-order chi connectivity index (χ1) is 7.18. The van der Waals surface area contributed by atoms with Crippen LogP contribution in [0.3, 0.4) is 0 Å². The molecule has 0 heterocycles. The fraction of sp³-hybridized carbons (Fsp3) is 1.00.